The third kappa shape index (κ3) is 6.20. The van der Waals surface area contributed by atoms with E-state index in [2.05, 4.69) is 16.7 Å². The summed E-state index contributed by atoms with van der Waals surface area (Å²) in [5, 5.41) is 16.6. The van der Waals surface area contributed by atoms with Crippen molar-refractivity contribution in [1.29, 1.82) is 5.26 Å². The number of nitrogens with one attached hydrogen (secondary N) is 2. The summed E-state index contributed by atoms with van der Waals surface area (Å²) >= 11 is 1.19. The maximum Gasteiger partial charge on any atom is 0.336 e. The summed E-state index contributed by atoms with van der Waals surface area (Å²) in [6, 6.07) is 16.7. The SMILES string of the molecule is CCOc1cccc(NC(=O)CSC2=C(C#N)[C@@H](c3ccccc3OCC)C(C(=O)OC)=C(C)N2)c1. The van der Waals surface area contributed by atoms with Gasteiger partial charge >= 0.3 is 5.97 Å². The van der Waals surface area contributed by atoms with Crippen LogP contribution in [0.4, 0.5) is 5.69 Å². The number of hydrogen-bond donors (Lipinski definition) is 2. The normalized spacial score (nSPS) is 15.0. The second kappa shape index (κ2) is 12.7. The fourth-order valence-corrected chi connectivity index (χ4v) is 4.78. The first-order valence-corrected chi connectivity index (χ1v) is 12.5. The summed E-state index contributed by atoms with van der Waals surface area (Å²) in [6.07, 6.45) is 0. The largest absolute Gasteiger partial charge is 0.494 e. The van der Waals surface area contributed by atoms with Gasteiger partial charge in [-0.3, -0.25) is 4.79 Å². The maximum atomic E-state index is 12.8. The Hall–Kier alpha value is -3.90. The number of esters is 1. The number of rotatable bonds is 10. The van der Waals surface area contributed by atoms with E-state index in [1.165, 1.54) is 18.9 Å². The number of benzene rings is 2. The van der Waals surface area contributed by atoms with Gasteiger partial charge in [0.2, 0.25) is 5.91 Å². The molecule has 0 bridgehead atoms. The van der Waals surface area contributed by atoms with Gasteiger partial charge in [0.05, 0.1) is 54.2 Å². The van der Waals surface area contributed by atoms with Crippen LogP contribution in [-0.2, 0) is 14.3 Å². The van der Waals surface area contributed by atoms with Gasteiger partial charge in [0, 0.05) is 23.0 Å². The lowest BCUT2D eigenvalue weighted by Gasteiger charge is -2.30. The number of hydrogen-bond acceptors (Lipinski definition) is 8. The highest BCUT2D eigenvalue weighted by Gasteiger charge is 2.37. The molecule has 1 heterocycles. The highest BCUT2D eigenvalue weighted by atomic mass is 32.2. The summed E-state index contributed by atoms with van der Waals surface area (Å²) in [4.78, 5) is 25.5. The van der Waals surface area contributed by atoms with E-state index in [0.29, 0.717) is 57.8 Å². The van der Waals surface area contributed by atoms with Crippen LogP contribution < -0.4 is 20.1 Å². The minimum absolute atomic E-state index is 0.0487. The maximum absolute atomic E-state index is 12.8. The Labute approximate surface area is 215 Å². The summed E-state index contributed by atoms with van der Waals surface area (Å²) in [7, 11) is 1.30. The van der Waals surface area contributed by atoms with Crippen LogP contribution in [-0.4, -0.2) is 38.0 Å². The molecule has 188 valence electrons. The Balaban J connectivity index is 1.90. The van der Waals surface area contributed by atoms with Crippen LogP contribution in [0.5, 0.6) is 11.5 Å². The molecule has 0 unspecified atom stereocenters. The van der Waals surface area contributed by atoms with Crippen LogP contribution in [0.3, 0.4) is 0 Å². The summed E-state index contributed by atoms with van der Waals surface area (Å²) in [5.41, 5.74) is 2.47. The number of para-hydroxylation sites is 1. The molecule has 9 heteroatoms. The highest BCUT2D eigenvalue weighted by Crippen LogP contribution is 2.44. The van der Waals surface area contributed by atoms with E-state index in [0.717, 1.165) is 0 Å². The average molecular weight is 508 g/mol. The Morgan fingerprint density at radius 2 is 1.86 bits per heavy atom. The zero-order chi connectivity index (χ0) is 26.1. The number of thioether (sulfide) groups is 1. The first-order valence-electron chi connectivity index (χ1n) is 11.5. The molecule has 1 aliphatic rings. The van der Waals surface area contributed by atoms with Crippen LogP contribution >= 0.6 is 11.8 Å². The monoisotopic (exact) mass is 507 g/mol. The van der Waals surface area contributed by atoms with Crippen molar-refractivity contribution in [2.24, 2.45) is 0 Å². The van der Waals surface area contributed by atoms with E-state index in [1.807, 2.05) is 38.1 Å². The average Bonchev–Trinajstić information content (AvgIpc) is 2.87. The van der Waals surface area contributed by atoms with Gasteiger partial charge < -0.3 is 24.8 Å². The lowest BCUT2D eigenvalue weighted by Crippen LogP contribution is -2.29. The Morgan fingerprint density at radius 1 is 1.11 bits per heavy atom. The van der Waals surface area contributed by atoms with Crippen molar-refractivity contribution in [1.82, 2.24) is 5.32 Å². The van der Waals surface area contributed by atoms with Crippen molar-refractivity contribution in [3.05, 3.63) is 76.0 Å². The van der Waals surface area contributed by atoms with E-state index in [4.69, 9.17) is 14.2 Å². The summed E-state index contributed by atoms with van der Waals surface area (Å²) < 4.78 is 16.3. The molecule has 0 spiro atoms. The third-order valence-corrected chi connectivity index (χ3v) is 6.38. The van der Waals surface area contributed by atoms with Crippen molar-refractivity contribution < 1.29 is 23.8 Å². The second-order valence-corrected chi connectivity index (χ2v) is 8.70. The number of carbonyl (C=O) groups excluding carboxylic acids is 2. The Morgan fingerprint density at radius 3 is 2.56 bits per heavy atom. The van der Waals surface area contributed by atoms with Crippen molar-refractivity contribution in [3.63, 3.8) is 0 Å². The van der Waals surface area contributed by atoms with Crippen molar-refractivity contribution in [2.45, 2.75) is 26.7 Å². The van der Waals surface area contributed by atoms with Gasteiger partial charge in [0.1, 0.15) is 11.5 Å². The van der Waals surface area contributed by atoms with Gasteiger partial charge in [-0.2, -0.15) is 5.26 Å². The van der Waals surface area contributed by atoms with Crippen LogP contribution in [0.2, 0.25) is 0 Å². The number of amides is 1. The summed E-state index contributed by atoms with van der Waals surface area (Å²) in [6.45, 7) is 6.46. The van der Waals surface area contributed by atoms with Crippen molar-refractivity contribution in [3.8, 4) is 17.6 Å². The molecule has 1 aliphatic heterocycles. The van der Waals surface area contributed by atoms with Gasteiger partial charge in [-0.15, -0.1) is 0 Å². The van der Waals surface area contributed by atoms with Crippen LogP contribution in [0.1, 0.15) is 32.3 Å². The van der Waals surface area contributed by atoms with E-state index < -0.39 is 11.9 Å². The predicted octanol–water partition coefficient (Wildman–Crippen LogP) is 4.72. The van der Waals surface area contributed by atoms with Crippen LogP contribution in [0.15, 0.2) is 70.4 Å². The minimum Gasteiger partial charge on any atom is -0.494 e. The first kappa shape index (κ1) is 26.7. The topological polar surface area (TPSA) is 110 Å². The summed E-state index contributed by atoms with van der Waals surface area (Å²) in [5.74, 6) is -0.206. The molecule has 2 aromatic carbocycles. The number of carbonyl (C=O) groups is 2. The molecule has 1 atom stereocenters. The molecule has 0 saturated heterocycles. The number of ether oxygens (including phenoxy) is 3. The van der Waals surface area contributed by atoms with E-state index in [1.54, 1.807) is 31.2 Å². The molecule has 0 radical (unpaired) electrons. The van der Waals surface area contributed by atoms with Gasteiger partial charge in [-0.25, -0.2) is 4.79 Å². The van der Waals surface area contributed by atoms with Crippen molar-refractivity contribution >= 4 is 29.3 Å². The Kier molecular flexibility index (Phi) is 9.42. The van der Waals surface area contributed by atoms with Crippen molar-refractivity contribution in [2.75, 3.05) is 31.4 Å². The zero-order valence-corrected chi connectivity index (χ0v) is 21.5. The number of dihydropyridines is 1. The van der Waals surface area contributed by atoms with E-state index in [-0.39, 0.29) is 11.7 Å². The molecule has 2 aromatic rings. The zero-order valence-electron chi connectivity index (χ0n) is 20.7. The van der Waals surface area contributed by atoms with Crippen LogP contribution in [0, 0.1) is 11.3 Å². The molecule has 0 fully saturated rings. The molecule has 2 N–H and O–H groups in total. The molecular weight excluding hydrogens is 478 g/mol. The van der Waals surface area contributed by atoms with E-state index in [9.17, 15) is 14.9 Å². The molecule has 0 aromatic heterocycles. The number of allylic oxidation sites excluding steroid dienone is 2. The first-order chi connectivity index (χ1) is 17.4. The quantitative estimate of drug-likeness (QED) is 0.445. The number of nitrogens with zero attached hydrogens (tertiary/aromatic N) is 1. The van der Waals surface area contributed by atoms with Gasteiger partial charge in [0.15, 0.2) is 0 Å². The molecule has 1 amide bonds. The lowest BCUT2D eigenvalue weighted by atomic mass is 9.82. The van der Waals surface area contributed by atoms with Gasteiger partial charge in [-0.05, 0) is 39.0 Å². The predicted molar refractivity (Wildman–Crippen MR) is 140 cm³/mol. The molecule has 8 nitrogen and oxygen atoms in total. The third-order valence-electron chi connectivity index (χ3n) is 5.36. The van der Waals surface area contributed by atoms with Gasteiger partial charge in [0.25, 0.3) is 0 Å². The van der Waals surface area contributed by atoms with Crippen LogP contribution in [0.25, 0.3) is 0 Å². The highest BCUT2D eigenvalue weighted by molar-refractivity contribution is 8.03. The van der Waals surface area contributed by atoms with E-state index >= 15 is 0 Å². The molecule has 3 rings (SSSR count). The second-order valence-electron chi connectivity index (χ2n) is 7.71. The molecule has 0 saturated carbocycles. The smallest absolute Gasteiger partial charge is 0.336 e. The number of methoxy groups -OCH3 is 1. The lowest BCUT2D eigenvalue weighted by molar-refractivity contribution is -0.136. The number of anilines is 1. The number of nitriles is 1. The fourth-order valence-electron chi connectivity index (χ4n) is 3.89. The fraction of sp³-hybridized carbons (Fsp3) is 0.296. The molecular formula is C27H29N3O5S. The molecule has 0 aliphatic carbocycles. The molecule has 36 heavy (non-hydrogen) atoms. The van der Waals surface area contributed by atoms with Gasteiger partial charge in [-0.1, -0.05) is 36.0 Å². The minimum atomic E-state index is -0.708. The standard InChI is InChI=1S/C27H29N3O5S/c1-5-34-19-11-9-10-18(14-19)30-23(31)16-36-26-21(15-28)25(24(17(3)29-26)27(32)33-4)20-12-7-8-13-22(20)35-6-2/h7-14,25,29H,5-6,16H2,1-4H3,(H,30,31)/t25-/m1/s1. The Bertz CT molecular complexity index is 1230.